The van der Waals surface area contributed by atoms with Gasteiger partial charge in [0.1, 0.15) is 11.3 Å². The van der Waals surface area contributed by atoms with Crippen LogP contribution >= 0.6 is 0 Å². The summed E-state index contributed by atoms with van der Waals surface area (Å²) in [5.41, 5.74) is 6.25. The second kappa shape index (κ2) is 5.59. The standard InChI is InChI=1S/C14H20N2O3/c1-16(13(17)14(15)7-8-19-10-14)9-11-3-5-12(18-2)6-4-11/h3-6H,7-10,15H2,1-2H3. The van der Waals surface area contributed by atoms with Gasteiger partial charge in [0, 0.05) is 20.2 Å². The van der Waals surface area contributed by atoms with Crippen LogP contribution in [0, 0.1) is 0 Å². The maximum Gasteiger partial charge on any atom is 0.245 e. The van der Waals surface area contributed by atoms with Crippen molar-refractivity contribution in [1.82, 2.24) is 4.90 Å². The Balaban J connectivity index is 1.99. The van der Waals surface area contributed by atoms with E-state index in [4.69, 9.17) is 15.2 Å². The van der Waals surface area contributed by atoms with E-state index in [-0.39, 0.29) is 5.91 Å². The Morgan fingerprint density at radius 2 is 2.16 bits per heavy atom. The highest BCUT2D eigenvalue weighted by molar-refractivity contribution is 5.86. The van der Waals surface area contributed by atoms with E-state index in [0.29, 0.717) is 26.2 Å². The van der Waals surface area contributed by atoms with Gasteiger partial charge in [-0.3, -0.25) is 4.79 Å². The summed E-state index contributed by atoms with van der Waals surface area (Å²) in [6.45, 7) is 1.39. The van der Waals surface area contributed by atoms with Crippen molar-refractivity contribution < 1.29 is 14.3 Å². The van der Waals surface area contributed by atoms with Gasteiger partial charge in [0.15, 0.2) is 0 Å². The number of nitrogens with two attached hydrogens (primary N) is 1. The number of nitrogens with zero attached hydrogens (tertiary/aromatic N) is 1. The maximum absolute atomic E-state index is 12.3. The summed E-state index contributed by atoms with van der Waals surface area (Å²) in [6.07, 6.45) is 0.582. The molecule has 5 heteroatoms. The summed E-state index contributed by atoms with van der Waals surface area (Å²) in [5, 5.41) is 0. The van der Waals surface area contributed by atoms with E-state index in [2.05, 4.69) is 0 Å². The first-order valence-electron chi connectivity index (χ1n) is 6.30. The number of benzene rings is 1. The van der Waals surface area contributed by atoms with Crippen LogP contribution in [0.4, 0.5) is 0 Å². The molecule has 1 unspecified atom stereocenters. The van der Waals surface area contributed by atoms with E-state index in [1.807, 2.05) is 24.3 Å². The molecule has 0 aromatic heterocycles. The molecule has 1 aliphatic heterocycles. The van der Waals surface area contributed by atoms with Crippen molar-refractivity contribution in [2.45, 2.75) is 18.5 Å². The first-order chi connectivity index (χ1) is 9.05. The van der Waals surface area contributed by atoms with E-state index in [0.717, 1.165) is 11.3 Å². The zero-order chi connectivity index (χ0) is 13.9. The molecule has 5 nitrogen and oxygen atoms in total. The monoisotopic (exact) mass is 264 g/mol. The van der Waals surface area contributed by atoms with Crippen LogP contribution in [0.5, 0.6) is 5.75 Å². The van der Waals surface area contributed by atoms with Crippen LogP contribution in [0.1, 0.15) is 12.0 Å². The summed E-state index contributed by atoms with van der Waals surface area (Å²) < 4.78 is 10.3. The smallest absolute Gasteiger partial charge is 0.245 e. The molecule has 1 saturated heterocycles. The van der Waals surface area contributed by atoms with Gasteiger partial charge in [-0.05, 0) is 24.1 Å². The Morgan fingerprint density at radius 3 is 2.68 bits per heavy atom. The van der Waals surface area contributed by atoms with Crippen LogP contribution in [0.3, 0.4) is 0 Å². The number of carbonyl (C=O) groups is 1. The first kappa shape index (κ1) is 13.8. The minimum atomic E-state index is -0.860. The third-order valence-corrected chi connectivity index (χ3v) is 3.40. The Hall–Kier alpha value is -1.59. The number of methoxy groups -OCH3 is 1. The lowest BCUT2D eigenvalue weighted by Crippen LogP contribution is -2.54. The van der Waals surface area contributed by atoms with E-state index in [1.165, 1.54) is 0 Å². The number of hydrogen-bond acceptors (Lipinski definition) is 4. The Labute approximate surface area is 113 Å². The first-order valence-corrected chi connectivity index (χ1v) is 6.30. The zero-order valence-corrected chi connectivity index (χ0v) is 11.4. The highest BCUT2D eigenvalue weighted by Crippen LogP contribution is 2.19. The average molecular weight is 264 g/mol. The lowest BCUT2D eigenvalue weighted by molar-refractivity contribution is -0.136. The van der Waals surface area contributed by atoms with Crippen LogP contribution < -0.4 is 10.5 Å². The lowest BCUT2D eigenvalue weighted by atomic mass is 9.98. The highest BCUT2D eigenvalue weighted by Gasteiger charge is 2.40. The van der Waals surface area contributed by atoms with E-state index in [1.54, 1.807) is 19.1 Å². The van der Waals surface area contributed by atoms with Crippen LogP contribution in [0.15, 0.2) is 24.3 Å². The van der Waals surface area contributed by atoms with Gasteiger partial charge in [0.2, 0.25) is 5.91 Å². The normalized spacial score (nSPS) is 22.3. The van der Waals surface area contributed by atoms with E-state index in [9.17, 15) is 4.79 Å². The van der Waals surface area contributed by atoms with Gasteiger partial charge in [-0.15, -0.1) is 0 Å². The SMILES string of the molecule is COc1ccc(CN(C)C(=O)C2(N)CCOC2)cc1. The number of carbonyl (C=O) groups excluding carboxylic acids is 1. The lowest BCUT2D eigenvalue weighted by Gasteiger charge is -2.27. The molecule has 1 aromatic rings. The zero-order valence-electron chi connectivity index (χ0n) is 11.4. The van der Waals surface area contributed by atoms with Gasteiger partial charge in [-0.1, -0.05) is 12.1 Å². The fraction of sp³-hybridized carbons (Fsp3) is 0.500. The quantitative estimate of drug-likeness (QED) is 0.872. The van der Waals surface area contributed by atoms with Crippen molar-refractivity contribution in [3.63, 3.8) is 0 Å². The summed E-state index contributed by atoms with van der Waals surface area (Å²) in [7, 11) is 3.39. The molecule has 1 atom stereocenters. The van der Waals surface area contributed by atoms with Gasteiger partial charge in [0.05, 0.1) is 13.7 Å². The summed E-state index contributed by atoms with van der Waals surface area (Å²) in [5.74, 6) is 0.734. The predicted octanol–water partition coefficient (Wildman–Crippen LogP) is 0.771. The molecule has 1 aromatic carbocycles. The van der Waals surface area contributed by atoms with E-state index >= 15 is 0 Å². The molecule has 2 rings (SSSR count). The van der Waals surface area contributed by atoms with Crippen LogP contribution in [-0.2, 0) is 16.1 Å². The summed E-state index contributed by atoms with van der Waals surface area (Å²) in [4.78, 5) is 13.9. The molecule has 1 fully saturated rings. The topological polar surface area (TPSA) is 64.8 Å². The molecule has 0 spiro atoms. The summed E-state index contributed by atoms with van der Waals surface area (Å²) >= 11 is 0. The molecule has 0 bridgehead atoms. The Morgan fingerprint density at radius 1 is 1.47 bits per heavy atom. The third kappa shape index (κ3) is 3.05. The maximum atomic E-state index is 12.3. The van der Waals surface area contributed by atoms with Gasteiger partial charge in [-0.25, -0.2) is 0 Å². The fourth-order valence-corrected chi connectivity index (χ4v) is 2.21. The van der Waals surface area contributed by atoms with Crippen molar-refractivity contribution in [1.29, 1.82) is 0 Å². The molecule has 1 aliphatic rings. The number of likely N-dealkylation sites (N-methyl/N-ethyl adjacent to an activating group) is 1. The number of hydrogen-bond donors (Lipinski definition) is 1. The van der Waals surface area contributed by atoms with Gasteiger partial charge in [0.25, 0.3) is 0 Å². The molecule has 104 valence electrons. The van der Waals surface area contributed by atoms with E-state index < -0.39 is 5.54 Å². The van der Waals surface area contributed by atoms with Crippen LogP contribution in [-0.4, -0.2) is 43.7 Å². The Kier molecular flexibility index (Phi) is 4.07. The molecule has 2 N–H and O–H groups in total. The van der Waals surface area contributed by atoms with Crippen molar-refractivity contribution in [2.24, 2.45) is 5.73 Å². The summed E-state index contributed by atoms with van der Waals surface area (Å²) in [6, 6.07) is 7.64. The van der Waals surface area contributed by atoms with Gasteiger partial charge >= 0.3 is 0 Å². The minimum absolute atomic E-state index is 0.0687. The molecular formula is C14H20N2O3. The fourth-order valence-electron chi connectivity index (χ4n) is 2.21. The van der Waals surface area contributed by atoms with Crippen molar-refractivity contribution in [2.75, 3.05) is 27.4 Å². The molecule has 19 heavy (non-hydrogen) atoms. The average Bonchev–Trinajstić information content (AvgIpc) is 2.87. The third-order valence-electron chi connectivity index (χ3n) is 3.40. The second-order valence-corrected chi connectivity index (χ2v) is 4.97. The van der Waals surface area contributed by atoms with Crippen LogP contribution in [0.25, 0.3) is 0 Å². The van der Waals surface area contributed by atoms with Crippen molar-refractivity contribution in [3.05, 3.63) is 29.8 Å². The predicted molar refractivity (Wildman–Crippen MR) is 71.8 cm³/mol. The number of ether oxygens (including phenoxy) is 2. The molecule has 0 saturated carbocycles. The van der Waals surface area contributed by atoms with Crippen molar-refractivity contribution >= 4 is 5.91 Å². The van der Waals surface area contributed by atoms with Crippen molar-refractivity contribution in [3.8, 4) is 5.75 Å². The molecule has 0 radical (unpaired) electrons. The Bertz CT molecular complexity index is 439. The number of rotatable bonds is 4. The molecule has 1 heterocycles. The molecule has 0 aliphatic carbocycles. The number of amides is 1. The van der Waals surface area contributed by atoms with Crippen LogP contribution in [0.2, 0.25) is 0 Å². The highest BCUT2D eigenvalue weighted by atomic mass is 16.5. The largest absolute Gasteiger partial charge is 0.497 e. The van der Waals surface area contributed by atoms with Gasteiger partial charge in [-0.2, -0.15) is 0 Å². The molecular weight excluding hydrogens is 244 g/mol. The second-order valence-electron chi connectivity index (χ2n) is 4.97. The minimum Gasteiger partial charge on any atom is -0.497 e. The van der Waals surface area contributed by atoms with Gasteiger partial charge < -0.3 is 20.1 Å². The molecule has 1 amide bonds.